The second-order valence-corrected chi connectivity index (χ2v) is 5.55. The van der Waals surface area contributed by atoms with Gasteiger partial charge in [-0.2, -0.15) is 11.8 Å². The van der Waals surface area contributed by atoms with Crippen molar-refractivity contribution in [3.05, 3.63) is 23.1 Å². The first-order valence-electron chi connectivity index (χ1n) is 5.15. The Balaban J connectivity index is 2.25. The zero-order chi connectivity index (χ0) is 11.3. The van der Waals surface area contributed by atoms with E-state index in [9.17, 15) is 0 Å². The van der Waals surface area contributed by atoms with Crippen LogP contribution in [0.3, 0.4) is 0 Å². The van der Waals surface area contributed by atoms with Gasteiger partial charge in [0.25, 0.3) is 0 Å². The molecule has 1 aromatic rings. The molecule has 0 saturated carbocycles. The van der Waals surface area contributed by atoms with Gasteiger partial charge in [0, 0.05) is 11.3 Å². The maximum atomic E-state index is 5.70. The SMILES string of the molecule is CNC(C)CC(C)SCc1ccc(Cl)o1. The van der Waals surface area contributed by atoms with Gasteiger partial charge in [-0.05, 0) is 44.1 Å². The molecule has 1 rings (SSSR count). The number of thioether (sulfide) groups is 1. The van der Waals surface area contributed by atoms with Crippen LogP contribution in [-0.2, 0) is 5.75 Å². The molecule has 0 amide bonds. The predicted molar refractivity (Wildman–Crippen MR) is 67.6 cm³/mol. The normalized spacial score (nSPS) is 15.2. The molecule has 0 saturated heterocycles. The zero-order valence-electron chi connectivity index (χ0n) is 9.42. The third-order valence-corrected chi connectivity index (χ3v) is 3.73. The molecule has 15 heavy (non-hydrogen) atoms. The molecule has 1 aromatic heterocycles. The highest BCUT2D eigenvalue weighted by atomic mass is 35.5. The molecule has 2 nitrogen and oxygen atoms in total. The zero-order valence-corrected chi connectivity index (χ0v) is 11.0. The van der Waals surface area contributed by atoms with Gasteiger partial charge in [-0.15, -0.1) is 0 Å². The molecular formula is C11H18ClNOS. The number of hydrogen-bond acceptors (Lipinski definition) is 3. The number of furan rings is 1. The van der Waals surface area contributed by atoms with Crippen LogP contribution in [0.1, 0.15) is 26.0 Å². The van der Waals surface area contributed by atoms with Gasteiger partial charge < -0.3 is 9.73 Å². The van der Waals surface area contributed by atoms with Gasteiger partial charge in [-0.3, -0.25) is 0 Å². The number of rotatable bonds is 6. The Kier molecular flexibility index (Phi) is 5.58. The minimum Gasteiger partial charge on any atom is -0.449 e. The van der Waals surface area contributed by atoms with Gasteiger partial charge in [-0.1, -0.05) is 6.92 Å². The maximum Gasteiger partial charge on any atom is 0.193 e. The third kappa shape index (κ3) is 4.96. The molecule has 0 aliphatic rings. The lowest BCUT2D eigenvalue weighted by Crippen LogP contribution is -2.24. The van der Waals surface area contributed by atoms with Crippen LogP contribution in [-0.4, -0.2) is 18.3 Å². The van der Waals surface area contributed by atoms with E-state index in [0.29, 0.717) is 16.5 Å². The quantitative estimate of drug-likeness (QED) is 0.832. The van der Waals surface area contributed by atoms with Crippen LogP contribution >= 0.6 is 23.4 Å². The monoisotopic (exact) mass is 247 g/mol. The topological polar surface area (TPSA) is 25.2 Å². The largest absolute Gasteiger partial charge is 0.449 e. The van der Waals surface area contributed by atoms with Gasteiger partial charge in [0.2, 0.25) is 0 Å². The van der Waals surface area contributed by atoms with Crippen LogP contribution in [0.5, 0.6) is 0 Å². The van der Waals surface area contributed by atoms with Gasteiger partial charge in [-0.25, -0.2) is 0 Å². The molecule has 0 aromatic carbocycles. The highest BCUT2D eigenvalue weighted by molar-refractivity contribution is 7.99. The Morgan fingerprint density at radius 1 is 1.47 bits per heavy atom. The molecule has 0 bridgehead atoms. The fourth-order valence-electron chi connectivity index (χ4n) is 1.34. The first-order valence-corrected chi connectivity index (χ1v) is 6.57. The molecule has 0 aliphatic carbocycles. The Hall–Kier alpha value is -0.120. The minimum absolute atomic E-state index is 0.474. The van der Waals surface area contributed by atoms with Crippen LogP contribution in [0.4, 0.5) is 0 Å². The van der Waals surface area contributed by atoms with Crippen molar-refractivity contribution >= 4 is 23.4 Å². The Morgan fingerprint density at radius 2 is 2.20 bits per heavy atom. The fraction of sp³-hybridized carbons (Fsp3) is 0.636. The summed E-state index contributed by atoms with van der Waals surface area (Å²) in [5.41, 5.74) is 0. The second-order valence-electron chi connectivity index (χ2n) is 3.75. The molecular weight excluding hydrogens is 230 g/mol. The van der Waals surface area contributed by atoms with Crippen molar-refractivity contribution in [2.24, 2.45) is 0 Å². The number of halogens is 1. The Bertz CT molecular complexity index is 290. The second kappa shape index (κ2) is 6.46. The van der Waals surface area contributed by atoms with Gasteiger partial charge >= 0.3 is 0 Å². The summed E-state index contributed by atoms with van der Waals surface area (Å²) in [6.45, 7) is 4.43. The van der Waals surface area contributed by atoms with Crippen molar-refractivity contribution in [2.45, 2.75) is 37.3 Å². The molecule has 0 fully saturated rings. The molecule has 2 unspecified atom stereocenters. The Labute approximate surface area is 101 Å². The summed E-state index contributed by atoms with van der Waals surface area (Å²) >= 11 is 7.59. The first-order chi connectivity index (χ1) is 7.11. The van der Waals surface area contributed by atoms with Crippen LogP contribution in [0.2, 0.25) is 5.22 Å². The van der Waals surface area contributed by atoms with Crippen molar-refractivity contribution < 1.29 is 4.42 Å². The average molecular weight is 248 g/mol. The van der Waals surface area contributed by atoms with E-state index < -0.39 is 0 Å². The minimum atomic E-state index is 0.474. The van der Waals surface area contributed by atoms with Crippen molar-refractivity contribution in [1.29, 1.82) is 0 Å². The van der Waals surface area contributed by atoms with Crippen LogP contribution < -0.4 is 5.32 Å². The van der Waals surface area contributed by atoms with E-state index >= 15 is 0 Å². The summed E-state index contributed by atoms with van der Waals surface area (Å²) in [7, 11) is 1.99. The molecule has 4 heteroatoms. The lowest BCUT2D eigenvalue weighted by molar-refractivity contribution is 0.530. The van der Waals surface area contributed by atoms with E-state index in [0.717, 1.165) is 17.9 Å². The Morgan fingerprint density at radius 3 is 2.73 bits per heavy atom. The van der Waals surface area contributed by atoms with Crippen LogP contribution in [0, 0.1) is 0 Å². The maximum absolute atomic E-state index is 5.70. The van der Waals surface area contributed by atoms with E-state index in [1.807, 2.05) is 24.9 Å². The molecule has 0 spiro atoms. The van der Waals surface area contributed by atoms with Gasteiger partial charge in [0.1, 0.15) is 5.76 Å². The van der Waals surface area contributed by atoms with E-state index in [4.69, 9.17) is 16.0 Å². The van der Waals surface area contributed by atoms with Gasteiger partial charge in [0.15, 0.2) is 5.22 Å². The summed E-state index contributed by atoms with van der Waals surface area (Å²) in [6, 6.07) is 4.29. The first kappa shape index (κ1) is 12.9. The van der Waals surface area contributed by atoms with E-state index in [2.05, 4.69) is 19.2 Å². The lowest BCUT2D eigenvalue weighted by Gasteiger charge is -2.15. The molecule has 1 heterocycles. The number of nitrogens with one attached hydrogen (secondary N) is 1. The summed E-state index contributed by atoms with van der Waals surface area (Å²) in [4.78, 5) is 0. The van der Waals surface area contributed by atoms with Crippen molar-refractivity contribution in [3.8, 4) is 0 Å². The van der Waals surface area contributed by atoms with Crippen molar-refractivity contribution in [3.63, 3.8) is 0 Å². The summed E-state index contributed by atoms with van der Waals surface area (Å²) in [5, 5.41) is 4.34. The van der Waals surface area contributed by atoms with Crippen LogP contribution in [0.15, 0.2) is 16.5 Å². The molecule has 2 atom stereocenters. The highest BCUT2D eigenvalue weighted by Gasteiger charge is 2.08. The van der Waals surface area contributed by atoms with Crippen molar-refractivity contribution in [1.82, 2.24) is 5.32 Å². The summed E-state index contributed by atoms with van der Waals surface area (Å²) in [6.07, 6.45) is 1.16. The lowest BCUT2D eigenvalue weighted by atomic mass is 10.2. The third-order valence-electron chi connectivity index (χ3n) is 2.32. The van der Waals surface area contributed by atoms with E-state index in [1.165, 1.54) is 0 Å². The molecule has 1 N–H and O–H groups in total. The molecule has 0 aliphatic heterocycles. The van der Waals surface area contributed by atoms with Crippen LogP contribution in [0.25, 0.3) is 0 Å². The van der Waals surface area contributed by atoms with Crippen molar-refractivity contribution in [2.75, 3.05) is 7.05 Å². The number of hydrogen-bond donors (Lipinski definition) is 1. The fourth-order valence-corrected chi connectivity index (χ4v) is 2.53. The highest BCUT2D eigenvalue weighted by Crippen LogP contribution is 2.23. The van der Waals surface area contributed by atoms with E-state index in [-0.39, 0.29) is 0 Å². The van der Waals surface area contributed by atoms with Gasteiger partial charge in [0.05, 0.1) is 5.75 Å². The predicted octanol–water partition coefficient (Wildman–Crippen LogP) is 3.55. The summed E-state index contributed by atoms with van der Waals surface area (Å²) in [5.74, 6) is 1.85. The average Bonchev–Trinajstić information content (AvgIpc) is 2.61. The standard InChI is InChI=1S/C11H18ClNOS/c1-8(13-3)6-9(2)15-7-10-4-5-11(12)14-10/h4-5,8-9,13H,6-7H2,1-3H3. The molecule has 86 valence electrons. The van der Waals surface area contributed by atoms with E-state index in [1.54, 1.807) is 6.07 Å². The summed E-state index contributed by atoms with van der Waals surface area (Å²) < 4.78 is 5.29. The smallest absolute Gasteiger partial charge is 0.193 e. The molecule has 0 radical (unpaired) electrons.